The topological polar surface area (TPSA) is 141 Å². The molecule has 0 radical (unpaired) electrons. The first-order chi connectivity index (χ1) is 15.8. The van der Waals surface area contributed by atoms with Gasteiger partial charge in [-0.2, -0.15) is 0 Å². The van der Waals surface area contributed by atoms with Crippen LogP contribution in [0.15, 0.2) is 11.6 Å². The van der Waals surface area contributed by atoms with E-state index in [0.717, 1.165) is 104 Å². The minimum absolute atomic E-state index is 0.701. The van der Waals surface area contributed by atoms with Crippen LogP contribution in [0.25, 0.3) is 0 Å². The lowest BCUT2D eigenvalue weighted by Gasteiger charge is -2.22. The van der Waals surface area contributed by atoms with Gasteiger partial charge in [-0.15, -0.1) is 0 Å². The largest absolute Gasteiger partial charge is 0.330 e. The molecule has 32 heavy (non-hydrogen) atoms. The molecule has 0 spiro atoms. The zero-order chi connectivity index (χ0) is 23.5. The monoisotopic (exact) mass is 457 g/mol. The highest BCUT2D eigenvalue weighted by Crippen LogP contribution is 2.05. The lowest BCUT2D eigenvalue weighted by atomic mass is 10.1. The molecule has 0 saturated heterocycles. The average Bonchev–Trinajstić information content (AvgIpc) is 2.80. The number of hydrogen-bond donors (Lipinski definition) is 8. The van der Waals surface area contributed by atoms with Crippen LogP contribution in [-0.2, 0) is 0 Å². The van der Waals surface area contributed by atoms with Crippen LogP contribution in [0.1, 0.15) is 32.6 Å². The summed E-state index contributed by atoms with van der Waals surface area (Å²) in [6.07, 6.45) is 6.44. The second-order valence-electron chi connectivity index (χ2n) is 8.11. The van der Waals surface area contributed by atoms with Gasteiger partial charge in [0.1, 0.15) is 0 Å². The minimum Gasteiger partial charge on any atom is -0.330 e. The van der Waals surface area contributed by atoms with Crippen LogP contribution in [-0.4, -0.2) is 110 Å². The van der Waals surface area contributed by atoms with E-state index in [1.165, 1.54) is 12.0 Å². The molecule has 0 unspecified atom stereocenters. The van der Waals surface area contributed by atoms with E-state index in [1.54, 1.807) is 0 Å². The maximum Gasteiger partial charge on any atom is 0.0107 e. The summed E-state index contributed by atoms with van der Waals surface area (Å²) >= 11 is 0. The Labute approximate surface area is 198 Å². The first kappa shape index (κ1) is 31.4. The maximum atomic E-state index is 5.69. The van der Waals surface area contributed by atoms with Gasteiger partial charge in [-0.1, -0.05) is 18.6 Å². The summed E-state index contributed by atoms with van der Waals surface area (Å²) in [4.78, 5) is 2.54. The van der Waals surface area contributed by atoms with Gasteiger partial charge in [0.2, 0.25) is 0 Å². The molecular weight excluding hydrogens is 402 g/mol. The van der Waals surface area contributed by atoms with Gasteiger partial charge >= 0.3 is 0 Å². The second kappa shape index (κ2) is 26.6. The number of rotatable bonds is 26. The summed E-state index contributed by atoms with van der Waals surface area (Å²) in [6.45, 7) is 17.7. The predicted molar refractivity (Wildman–Crippen MR) is 140 cm³/mol. The molecule has 0 fully saturated rings. The minimum atomic E-state index is 0.701. The summed E-state index contributed by atoms with van der Waals surface area (Å²) in [7, 11) is 0. The molecule has 0 bridgehead atoms. The van der Waals surface area contributed by atoms with Gasteiger partial charge in [-0.25, -0.2) is 0 Å². The van der Waals surface area contributed by atoms with Gasteiger partial charge in [-0.3, -0.25) is 0 Å². The molecule has 9 nitrogen and oxygen atoms in total. The number of nitrogens with one attached hydrogen (secondary N) is 5. The molecule has 0 aliphatic rings. The number of hydrogen-bond acceptors (Lipinski definition) is 9. The maximum absolute atomic E-state index is 5.69. The molecule has 11 N–H and O–H groups in total. The molecular formula is C23H55N9. The van der Waals surface area contributed by atoms with Gasteiger partial charge in [0.25, 0.3) is 0 Å². The number of nitrogens with zero attached hydrogens (tertiary/aromatic N) is 1. The van der Waals surface area contributed by atoms with E-state index in [4.69, 9.17) is 17.2 Å². The Morgan fingerprint density at radius 3 is 1.62 bits per heavy atom. The zero-order valence-electron chi connectivity index (χ0n) is 20.9. The molecule has 192 valence electrons. The highest BCUT2D eigenvalue weighted by Gasteiger charge is 2.03. The van der Waals surface area contributed by atoms with Crippen molar-refractivity contribution >= 4 is 0 Å². The smallest absolute Gasteiger partial charge is 0.0107 e. The highest BCUT2D eigenvalue weighted by molar-refractivity contribution is 5.03. The Hall–Kier alpha value is -0.620. The van der Waals surface area contributed by atoms with E-state index in [9.17, 15) is 0 Å². The van der Waals surface area contributed by atoms with Crippen LogP contribution in [0.3, 0.4) is 0 Å². The van der Waals surface area contributed by atoms with Gasteiger partial charge in [-0.05, 0) is 51.9 Å². The van der Waals surface area contributed by atoms with Crippen LogP contribution < -0.4 is 43.8 Å². The fraction of sp³-hybridized carbons (Fsp3) is 0.913. The molecule has 0 rings (SSSR count). The first-order valence-corrected chi connectivity index (χ1v) is 12.8. The predicted octanol–water partition coefficient (Wildman–Crippen LogP) is -1.38. The van der Waals surface area contributed by atoms with E-state index < -0.39 is 0 Å². The van der Waals surface area contributed by atoms with E-state index in [1.807, 2.05) is 0 Å². The molecule has 0 atom stereocenters. The fourth-order valence-electron chi connectivity index (χ4n) is 3.43. The molecule has 0 heterocycles. The normalized spacial score (nSPS) is 12.2. The molecule has 0 aromatic carbocycles. The van der Waals surface area contributed by atoms with E-state index in [0.29, 0.717) is 19.6 Å². The quantitative estimate of drug-likeness (QED) is 0.0582. The van der Waals surface area contributed by atoms with Crippen LogP contribution in [0, 0.1) is 0 Å². The highest BCUT2D eigenvalue weighted by atomic mass is 15.2. The van der Waals surface area contributed by atoms with Gasteiger partial charge in [0.05, 0.1) is 0 Å². The van der Waals surface area contributed by atoms with E-state index >= 15 is 0 Å². The van der Waals surface area contributed by atoms with Crippen molar-refractivity contribution in [2.24, 2.45) is 17.2 Å². The third-order valence-electron chi connectivity index (χ3n) is 5.19. The van der Waals surface area contributed by atoms with Crippen LogP contribution in [0.4, 0.5) is 0 Å². The van der Waals surface area contributed by atoms with Gasteiger partial charge in [0.15, 0.2) is 0 Å². The van der Waals surface area contributed by atoms with Crippen LogP contribution >= 0.6 is 0 Å². The summed E-state index contributed by atoms with van der Waals surface area (Å²) in [5.74, 6) is 0. The van der Waals surface area contributed by atoms with Crippen LogP contribution in [0.2, 0.25) is 0 Å². The van der Waals surface area contributed by atoms with E-state index in [2.05, 4.69) is 44.5 Å². The van der Waals surface area contributed by atoms with Crippen molar-refractivity contribution in [1.29, 1.82) is 0 Å². The SMILES string of the molecule is CCCN(CCNCCNCCNCCN)CCNCCNCC/C(=C/CCN)CCN. The summed E-state index contributed by atoms with van der Waals surface area (Å²) in [6, 6.07) is 0. The average molecular weight is 458 g/mol. The van der Waals surface area contributed by atoms with E-state index in [-0.39, 0.29) is 0 Å². The third-order valence-corrected chi connectivity index (χ3v) is 5.19. The molecule has 0 aliphatic heterocycles. The molecule has 0 saturated carbocycles. The lowest BCUT2D eigenvalue weighted by molar-refractivity contribution is 0.273. The van der Waals surface area contributed by atoms with Crippen molar-refractivity contribution in [3.05, 3.63) is 11.6 Å². The summed E-state index contributed by atoms with van der Waals surface area (Å²) in [5, 5.41) is 17.3. The molecule has 0 aromatic rings. The van der Waals surface area contributed by atoms with Crippen molar-refractivity contribution in [3.63, 3.8) is 0 Å². The Morgan fingerprint density at radius 1 is 0.594 bits per heavy atom. The Kier molecular flexibility index (Phi) is 26.1. The summed E-state index contributed by atoms with van der Waals surface area (Å²) < 4.78 is 0. The van der Waals surface area contributed by atoms with Gasteiger partial charge in [0, 0.05) is 78.5 Å². The molecule has 0 aromatic heterocycles. The fourth-order valence-corrected chi connectivity index (χ4v) is 3.43. The lowest BCUT2D eigenvalue weighted by Crippen LogP contribution is -2.40. The standard InChI is InChI=1S/C23H55N9/c1-2-20-32(22-19-31-17-15-29-14-13-28-11-9-26)21-18-30-16-12-27-10-6-23(5-8-25)4-3-7-24/h4,27-31H,2-3,5-22,24-26H2,1H3/b23-4+. The van der Waals surface area contributed by atoms with Crippen molar-refractivity contribution < 1.29 is 0 Å². The second-order valence-corrected chi connectivity index (χ2v) is 8.11. The molecule has 0 amide bonds. The molecule has 0 aliphatic carbocycles. The molecule has 9 heteroatoms. The Bertz CT molecular complexity index is 394. The number of nitrogens with two attached hydrogens (primary N) is 3. The third kappa shape index (κ3) is 22.6. The summed E-state index contributed by atoms with van der Waals surface area (Å²) in [5.41, 5.74) is 18.2. The Balaban J connectivity index is 3.62. The Morgan fingerprint density at radius 2 is 1.12 bits per heavy atom. The van der Waals surface area contributed by atoms with Crippen molar-refractivity contribution in [1.82, 2.24) is 31.5 Å². The van der Waals surface area contributed by atoms with Crippen molar-refractivity contribution in [2.75, 3.05) is 105 Å². The zero-order valence-corrected chi connectivity index (χ0v) is 20.9. The van der Waals surface area contributed by atoms with Crippen molar-refractivity contribution in [3.8, 4) is 0 Å². The first-order valence-electron chi connectivity index (χ1n) is 12.8. The van der Waals surface area contributed by atoms with Crippen LogP contribution in [0.5, 0.6) is 0 Å². The van der Waals surface area contributed by atoms with Gasteiger partial charge < -0.3 is 48.7 Å². The van der Waals surface area contributed by atoms with Crippen molar-refractivity contribution in [2.45, 2.75) is 32.6 Å².